The van der Waals surface area contributed by atoms with Gasteiger partial charge in [-0.1, -0.05) is 60.7 Å². The van der Waals surface area contributed by atoms with E-state index in [4.69, 9.17) is 4.74 Å². The Hall–Kier alpha value is -2.17. The zero-order chi connectivity index (χ0) is 17.6. The summed E-state index contributed by atoms with van der Waals surface area (Å²) in [6.45, 7) is 6.28. The molecule has 4 heteroatoms. The second-order valence-corrected chi connectivity index (χ2v) is 6.62. The fraction of sp³-hybridized carbons (Fsp3) is 0.381. The Balaban J connectivity index is 1.77. The highest BCUT2D eigenvalue weighted by atomic mass is 16.5. The number of carbonyl (C=O) groups excluding carboxylic acids is 1. The molecular formula is C21H26N2O2. The van der Waals surface area contributed by atoms with Gasteiger partial charge in [0.15, 0.2) is 0 Å². The predicted molar refractivity (Wildman–Crippen MR) is 99.3 cm³/mol. The summed E-state index contributed by atoms with van der Waals surface area (Å²) < 4.78 is 5.58. The second-order valence-electron chi connectivity index (χ2n) is 6.62. The average molecular weight is 338 g/mol. The van der Waals surface area contributed by atoms with Gasteiger partial charge in [0.25, 0.3) is 0 Å². The molecular weight excluding hydrogens is 312 g/mol. The first kappa shape index (κ1) is 17.6. The van der Waals surface area contributed by atoms with Crippen molar-refractivity contribution in [3.05, 3.63) is 71.8 Å². The van der Waals surface area contributed by atoms with E-state index in [1.165, 1.54) is 0 Å². The van der Waals surface area contributed by atoms with E-state index in [9.17, 15) is 4.79 Å². The van der Waals surface area contributed by atoms with Crippen molar-refractivity contribution in [3.8, 4) is 0 Å². The van der Waals surface area contributed by atoms with Crippen molar-refractivity contribution in [2.45, 2.75) is 32.0 Å². The molecule has 1 aliphatic rings. The number of hydrogen-bond acceptors (Lipinski definition) is 3. The molecule has 0 saturated carbocycles. The van der Waals surface area contributed by atoms with E-state index in [0.29, 0.717) is 6.61 Å². The molecule has 2 aromatic carbocycles. The van der Waals surface area contributed by atoms with Gasteiger partial charge in [0.1, 0.15) is 0 Å². The van der Waals surface area contributed by atoms with Crippen LogP contribution in [0.5, 0.6) is 0 Å². The summed E-state index contributed by atoms with van der Waals surface area (Å²) in [6, 6.07) is 19.9. The fourth-order valence-electron chi connectivity index (χ4n) is 3.28. The van der Waals surface area contributed by atoms with Crippen LogP contribution in [0.3, 0.4) is 0 Å². The van der Waals surface area contributed by atoms with Gasteiger partial charge in [-0.25, -0.2) is 0 Å². The minimum Gasteiger partial charge on any atom is -0.376 e. The van der Waals surface area contributed by atoms with Gasteiger partial charge < -0.3 is 10.1 Å². The summed E-state index contributed by atoms with van der Waals surface area (Å²) in [5.74, 6) is 0.0480. The maximum atomic E-state index is 12.9. The van der Waals surface area contributed by atoms with Gasteiger partial charge in [-0.3, -0.25) is 9.69 Å². The third kappa shape index (κ3) is 4.47. The molecule has 0 bridgehead atoms. The molecule has 0 spiro atoms. The third-order valence-corrected chi connectivity index (χ3v) is 4.75. The summed E-state index contributed by atoms with van der Waals surface area (Å²) >= 11 is 0. The number of ether oxygens (including phenoxy) is 1. The Morgan fingerprint density at radius 1 is 1.08 bits per heavy atom. The zero-order valence-electron chi connectivity index (χ0n) is 14.9. The van der Waals surface area contributed by atoms with E-state index in [1.807, 2.05) is 50.2 Å². The van der Waals surface area contributed by atoms with Crippen LogP contribution in [0.4, 0.5) is 0 Å². The summed E-state index contributed by atoms with van der Waals surface area (Å²) in [5.41, 5.74) is 2.18. The Morgan fingerprint density at radius 3 is 2.16 bits per heavy atom. The number of amides is 1. The van der Waals surface area contributed by atoms with Crippen LogP contribution in [0.1, 0.15) is 31.0 Å². The molecule has 25 heavy (non-hydrogen) atoms. The van der Waals surface area contributed by atoms with Gasteiger partial charge in [0.05, 0.1) is 24.8 Å². The molecule has 1 saturated heterocycles. The van der Waals surface area contributed by atoms with Gasteiger partial charge in [0.2, 0.25) is 5.91 Å². The largest absolute Gasteiger partial charge is 0.376 e. The lowest BCUT2D eigenvalue weighted by molar-refractivity contribution is -0.129. The maximum absolute atomic E-state index is 12.9. The Morgan fingerprint density at radius 2 is 1.64 bits per heavy atom. The lowest BCUT2D eigenvalue weighted by Gasteiger charge is -2.35. The summed E-state index contributed by atoms with van der Waals surface area (Å²) in [5, 5.41) is 3.24. The van der Waals surface area contributed by atoms with Crippen LogP contribution < -0.4 is 5.32 Å². The van der Waals surface area contributed by atoms with Crippen LogP contribution in [0.2, 0.25) is 0 Å². The molecule has 0 radical (unpaired) electrons. The fourth-order valence-corrected chi connectivity index (χ4v) is 3.28. The van der Waals surface area contributed by atoms with E-state index >= 15 is 0 Å². The van der Waals surface area contributed by atoms with Crippen molar-refractivity contribution in [3.63, 3.8) is 0 Å². The predicted octanol–water partition coefficient (Wildman–Crippen LogP) is 3.00. The molecule has 4 nitrogen and oxygen atoms in total. The van der Waals surface area contributed by atoms with Gasteiger partial charge in [0, 0.05) is 13.1 Å². The minimum atomic E-state index is -0.179. The summed E-state index contributed by atoms with van der Waals surface area (Å²) in [6.07, 6.45) is 0.169. The van der Waals surface area contributed by atoms with Crippen molar-refractivity contribution in [2.24, 2.45) is 0 Å². The van der Waals surface area contributed by atoms with Crippen molar-refractivity contribution in [2.75, 3.05) is 19.7 Å². The lowest BCUT2D eigenvalue weighted by atomic mass is 9.98. The number of benzene rings is 2. The van der Waals surface area contributed by atoms with Crippen LogP contribution >= 0.6 is 0 Å². The van der Waals surface area contributed by atoms with Crippen LogP contribution in [-0.2, 0) is 9.53 Å². The van der Waals surface area contributed by atoms with Gasteiger partial charge in [-0.15, -0.1) is 0 Å². The molecule has 1 N–H and O–H groups in total. The van der Waals surface area contributed by atoms with Gasteiger partial charge in [-0.05, 0) is 25.0 Å². The van der Waals surface area contributed by atoms with Gasteiger partial charge in [-0.2, -0.15) is 0 Å². The van der Waals surface area contributed by atoms with Crippen molar-refractivity contribution >= 4 is 5.91 Å². The third-order valence-electron chi connectivity index (χ3n) is 4.75. The molecule has 1 heterocycles. The number of morpholine rings is 1. The molecule has 2 atom stereocenters. The highest BCUT2D eigenvalue weighted by molar-refractivity contribution is 5.82. The molecule has 132 valence electrons. The molecule has 2 unspecified atom stereocenters. The SMILES string of the molecule is CC1CN(C(C)C(=O)NC(c2ccccc2)c2ccccc2)CCO1. The molecule has 2 aromatic rings. The first-order valence-electron chi connectivity index (χ1n) is 8.91. The van der Waals surface area contributed by atoms with E-state index < -0.39 is 0 Å². The topological polar surface area (TPSA) is 41.6 Å². The molecule has 1 amide bonds. The number of carbonyl (C=O) groups is 1. The summed E-state index contributed by atoms with van der Waals surface area (Å²) in [7, 11) is 0. The highest BCUT2D eigenvalue weighted by Gasteiger charge is 2.28. The first-order valence-corrected chi connectivity index (χ1v) is 8.91. The molecule has 1 fully saturated rings. The minimum absolute atomic E-state index is 0.0480. The Bertz CT molecular complexity index is 635. The van der Waals surface area contributed by atoms with Crippen molar-refractivity contribution in [1.82, 2.24) is 10.2 Å². The van der Waals surface area contributed by atoms with Crippen LogP contribution in [-0.4, -0.2) is 42.6 Å². The van der Waals surface area contributed by atoms with Crippen LogP contribution in [0.25, 0.3) is 0 Å². The van der Waals surface area contributed by atoms with Crippen molar-refractivity contribution < 1.29 is 9.53 Å². The summed E-state index contributed by atoms with van der Waals surface area (Å²) in [4.78, 5) is 15.1. The number of rotatable bonds is 5. The second kappa shape index (κ2) is 8.28. The normalized spacial score (nSPS) is 19.6. The average Bonchev–Trinajstić information content (AvgIpc) is 2.66. The van der Waals surface area contributed by atoms with Crippen molar-refractivity contribution in [1.29, 1.82) is 0 Å². The van der Waals surface area contributed by atoms with Gasteiger partial charge >= 0.3 is 0 Å². The quantitative estimate of drug-likeness (QED) is 0.911. The molecule has 0 aromatic heterocycles. The monoisotopic (exact) mass is 338 g/mol. The van der Waals surface area contributed by atoms with E-state index in [0.717, 1.165) is 24.2 Å². The molecule has 0 aliphatic carbocycles. The molecule has 3 rings (SSSR count). The zero-order valence-corrected chi connectivity index (χ0v) is 14.9. The van der Waals surface area contributed by atoms with E-state index in [-0.39, 0.29) is 24.1 Å². The molecule has 1 aliphatic heterocycles. The Labute approximate surface area is 149 Å². The van der Waals surface area contributed by atoms with E-state index in [2.05, 4.69) is 34.5 Å². The van der Waals surface area contributed by atoms with Crippen LogP contribution in [0, 0.1) is 0 Å². The number of nitrogens with zero attached hydrogens (tertiary/aromatic N) is 1. The highest BCUT2D eigenvalue weighted by Crippen LogP contribution is 2.22. The van der Waals surface area contributed by atoms with Crippen LogP contribution in [0.15, 0.2) is 60.7 Å². The standard InChI is InChI=1S/C21H26N2O2/c1-16-15-23(13-14-25-16)17(2)21(24)22-20(18-9-5-3-6-10-18)19-11-7-4-8-12-19/h3-12,16-17,20H,13-15H2,1-2H3,(H,22,24). The smallest absolute Gasteiger partial charge is 0.237 e. The number of nitrogens with one attached hydrogen (secondary N) is 1. The lowest BCUT2D eigenvalue weighted by Crippen LogP contribution is -2.52. The number of hydrogen-bond donors (Lipinski definition) is 1. The van der Waals surface area contributed by atoms with E-state index in [1.54, 1.807) is 0 Å². The first-order chi connectivity index (χ1) is 12.1. The maximum Gasteiger partial charge on any atom is 0.237 e. The Kier molecular flexibility index (Phi) is 5.84.